The molecule has 42 heavy (non-hydrogen) atoms. The van der Waals surface area contributed by atoms with Crippen molar-refractivity contribution in [2.45, 2.75) is 72.8 Å². The number of carbonyl (C=O) groups is 3. The Hall–Kier alpha value is -4.19. The number of ketones is 2. The number of Topliss-reactive ketones (excluding diaryl/α,β-unsaturated/α-hetero) is 1. The average Bonchev–Trinajstić information content (AvgIpc) is 3.70. The second-order valence-electron chi connectivity index (χ2n) is 10.1. The van der Waals surface area contributed by atoms with Crippen molar-refractivity contribution in [3.05, 3.63) is 102 Å². The molecule has 5 rings (SSSR count). The number of carbonyl (C=O) groups excluding carboxylic acids is 3. The summed E-state index contributed by atoms with van der Waals surface area (Å²) in [5.74, 6) is 1.51. The van der Waals surface area contributed by atoms with Crippen LogP contribution < -0.4 is 14.4 Å². The second-order valence-corrected chi connectivity index (χ2v) is 10.1. The first-order valence-electron chi connectivity index (χ1n) is 14.9. The van der Waals surface area contributed by atoms with Crippen molar-refractivity contribution in [1.29, 1.82) is 0 Å². The predicted octanol–water partition coefficient (Wildman–Crippen LogP) is 8.16. The second kappa shape index (κ2) is 16.3. The molecule has 0 saturated heterocycles. The molecule has 1 amide bonds. The lowest BCUT2D eigenvalue weighted by Gasteiger charge is -2.33. The summed E-state index contributed by atoms with van der Waals surface area (Å²) >= 11 is 0. The van der Waals surface area contributed by atoms with E-state index in [0.29, 0.717) is 23.5 Å². The number of hydrogen-bond donors (Lipinski definition) is 0. The third-order valence-corrected chi connectivity index (χ3v) is 7.38. The molecule has 6 heteroatoms. The van der Waals surface area contributed by atoms with E-state index in [4.69, 9.17) is 9.47 Å². The number of para-hydroxylation sites is 1. The van der Waals surface area contributed by atoms with Gasteiger partial charge >= 0.3 is 0 Å². The first kappa shape index (κ1) is 32.3. The molecule has 0 bridgehead atoms. The number of rotatable bonds is 8. The zero-order valence-electron chi connectivity index (χ0n) is 25.5. The van der Waals surface area contributed by atoms with Crippen LogP contribution in [0.1, 0.15) is 76.3 Å². The number of fused-ring (bicyclic) bond motifs is 1. The lowest BCUT2D eigenvalue weighted by molar-refractivity contribution is -0.120. The standard InChI is InChI=1S/C25H29NO2.C9H8O3.C2H6.H2/c1-3-25(28)26(22-16-8-7-11-19(22)2)23-17-10-15-21(23)24(27)18-9-14-20-12-5-4-6-13-20;1-6(10)7-2-3-8-9(4-7)12-5-11-8;1-2;/h4-9,11-13,16,18,21,23H,3,10,14-15,17H2,1-2H3;2-4H,5H2,1H3;1-2H3;1H/t21?,23-;;;/m1.../s1. The fraction of sp³-hybridized carbons (Fsp3) is 0.361. The highest BCUT2D eigenvalue weighted by Gasteiger charge is 2.38. The first-order chi connectivity index (χ1) is 20.4. The molecule has 1 saturated carbocycles. The normalized spacial score (nSPS) is 16.6. The summed E-state index contributed by atoms with van der Waals surface area (Å²) in [5, 5.41) is 0. The van der Waals surface area contributed by atoms with Gasteiger partial charge in [0.2, 0.25) is 12.7 Å². The molecule has 6 nitrogen and oxygen atoms in total. The van der Waals surface area contributed by atoms with Gasteiger partial charge in [-0.1, -0.05) is 81.8 Å². The number of amides is 1. The molecule has 1 aliphatic carbocycles. The van der Waals surface area contributed by atoms with Crippen molar-refractivity contribution < 1.29 is 25.3 Å². The molecule has 0 aromatic heterocycles. The summed E-state index contributed by atoms with van der Waals surface area (Å²) < 4.78 is 10.2. The maximum absolute atomic E-state index is 13.0. The molecule has 1 fully saturated rings. The van der Waals surface area contributed by atoms with Crippen molar-refractivity contribution in [2.24, 2.45) is 5.92 Å². The molecule has 2 atom stereocenters. The van der Waals surface area contributed by atoms with E-state index >= 15 is 0 Å². The third-order valence-electron chi connectivity index (χ3n) is 7.38. The van der Waals surface area contributed by atoms with E-state index in [2.05, 4.69) is 12.1 Å². The molecule has 2 aliphatic rings. The van der Waals surface area contributed by atoms with Crippen LogP contribution in [-0.2, 0) is 16.0 Å². The number of benzene rings is 3. The van der Waals surface area contributed by atoms with Crippen molar-refractivity contribution in [2.75, 3.05) is 11.7 Å². The summed E-state index contributed by atoms with van der Waals surface area (Å²) in [6.07, 6.45) is 7.57. The van der Waals surface area contributed by atoms with Gasteiger partial charge in [0.15, 0.2) is 23.1 Å². The number of hydrogen-bond acceptors (Lipinski definition) is 5. The van der Waals surface area contributed by atoms with Gasteiger partial charge < -0.3 is 14.4 Å². The minimum atomic E-state index is -0.123. The molecule has 1 aliphatic heterocycles. The van der Waals surface area contributed by atoms with Crippen LogP contribution in [0.3, 0.4) is 0 Å². The Labute approximate surface area is 251 Å². The van der Waals surface area contributed by atoms with Crippen LogP contribution in [0.2, 0.25) is 0 Å². The Morgan fingerprint density at radius 3 is 2.31 bits per heavy atom. The molecule has 0 spiro atoms. The highest BCUT2D eigenvalue weighted by molar-refractivity contribution is 5.98. The van der Waals surface area contributed by atoms with Crippen molar-refractivity contribution >= 4 is 23.2 Å². The Balaban J connectivity index is 0.000000358. The topological polar surface area (TPSA) is 72.9 Å². The van der Waals surface area contributed by atoms with Crippen LogP contribution >= 0.6 is 0 Å². The Morgan fingerprint density at radius 1 is 0.929 bits per heavy atom. The molecule has 224 valence electrons. The number of allylic oxidation sites excluding steroid dienone is 2. The van der Waals surface area contributed by atoms with Gasteiger partial charge in [-0.3, -0.25) is 14.4 Å². The van der Waals surface area contributed by atoms with Crippen molar-refractivity contribution in [3.8, 4) is 11.5 Å². The van der Waals surface area contributed by atoms with Gasteiger partial charge in [0.25, 0.3) is 0 Å². The molecule has 1 unspecified atom stereocenters. The van der Waals surface area contributed by atoms with Gasteiger partial charge in [0.05, 0.1) is 0 Å². The smallest absolute Gasteiger partial charge is 0.231 e. The highest BCUT2D eigenvalue weighted by Crippen LogP contribution is 2.36. The highest BCUT2D eigenvalue weighted by atomic mass is 16.7. The van der Waals surface area contributed by atoms with Gasteiger partial charge in [-0.2, -0.15) is 0 Å². The van der Waals surface area contributed by atoms with Crippen molar-refractivity contribution in [3.63, 3.8) is 0 Å². The lowest BCUT2D eigenvalue weighted by atomic mass is 9.94. The van der Waals surface area contributed by atoms with E-state index in [1.165, 1.54) is 12.5 Å². The number of anilines is 1. The molecule has 0 radical (unpaired) electrons. The largest absolute Gasteiger partial charge is 0.454 e. The minimum Gasteiger partial charge on any atom is -0.454 e. The zero-order chi connectivity index (χ0) is 30.5. The quantitative estimate of drug-likeness (QED) is 0.201. The number of nitrogens with zero attached hydrogens (tertiary/aromatic N) is 1. The summed E-state index contributed by atoms with van der Waals surface area (Å²) in [4.78, 5) is 38.6. The third kappa shape index (κ3) is 8.41. The number of aryl methyl sites for hydroxylation is 1. The average molecular weight is 572 g/mol. The van der Waals surface area contributed by atoms with Gasteiger partial charge in [0, 0.05) is 31.1 Å². The molecule has 3 aromatic rings. The van der Waals surface area contributed by atoms with E-state index in [1.54, 1.807) is 24.3 Å². The van der Waals surface area contributed by atoms with Crippen LogP contribution in [0.4, 0.5) is 5.69 Å². The Morgan fingerprint density at radius 2 is 1.62 bits per heavy atom. The minimum absolute atomic E-state index is 0. The SMILES string of the molecule is CC.CC(=O)c1ccc2c(c1)OCO2.CCC(=O)N(c1ccccc1C)[C@@H]1CCCC1C(=O)C=CCc1ccccc1.[HH]. The monoisotopic (exact) mass is 571 g/mol. The number of ether oxygens (including phenoxy) is 2. The molecular formula is C36H45NO5. The van der Waals surface area contributed by atoms with E-state index in [1.807, 2.05) is 81.1 Å². The first-order valence-corrected chi connectivity index (χ1v) is 14.9. The molecule has 1 heterocycles. The van der Waals surface area contributed by atoms with Gasteiger partial charge in [-0.05, 0) is 74.6 Å². The molecule has 3 aromatic carbocycles. The van der Waals surface area contributed by atoms with Gasteiger partial charge in [-0.15, -0.1) is 0 Å². The van der Waals surface area contributed by atoms with Gasteiger partial charge in [-0.25, -0.2) is 0 Å². The van der Waals surface area contributed by atoms with E-state index in [9.17, 15) is 14.4 Å². The zero-order valence-corrected chi connectivity index (χ0v) is 25.5. The molecular weight excluding hydrogens is 526 g/mol. The van der Waals surface area contributed by atoms with E-state index in [-0.39, 0.29) is 37.7 Å². The van der Waals surface area contributed by atoms with Crippen LogP contribution in [0, 0.1) is 12.8 Å². The molecule has 0 N–H and O–H groups in total. The van der Waals surface area contributed by atoms with Gasteiger partial charge in [0.1, 0.15) is 0 Å². The Bertz CT molecular complexity index is 1370. The van der Waals surface area contributed by atoms with Crippen LogP contribution in [0.15, 0.2) is 84.9 Å². The van der Waals surface area contributed by atoms with Crippen LogP contribution in [0.25, 0.3) is 0 Å². The Kier molecular flexibility index (Phi) is 12.5. The summed E-state index contributed by atoms with van der Waals surface area (Å²) in [5.41, 5.74) is 3.85. The predicted molar refractivity (Wildman–Crippen MR) is 170 cm³/mol. The summed E-state index contributed by atoms with van der Waals surface area (Å²) in [7, 11) is 0. The summed E-state index contributed by atoms with van der Waals surface area (Å²) in [6.45, 7) is 9.68. The maximum Gasteiger partial charge on any atom is 0.231 e. The fourth-order valence-corrected chi connectivity index (χ4v) is 5.25. The maximum atomic E-state index is 13.0. The van der Waals surface area contributed by atoms with E-state index < -0.39 is 0 Å². The lowest BCUT2D eigenvalue weighted by Crippen LogP contribution is -2.44. The summed E-state index contributed by atoms with van der Waals surface area (Å²) in [6, 6.07) is 23.2. The fourth-order valence-electron chi connectivity index (χ4n) is 5.25. The van der Waals surface area contributed by atoms with E-state index in [0.717, 1.165) is 36.9 Å². The van der Waals surface area contributed by atoms with Crippen LogP contribution in [-0.4, -0.2) is 30.3 Å². The van der Waals surface area contributed by atoms with Crippen molar-refractivity contribution in [1.82, 2.24) is 0 Å². The van der Waals surface area contributed by atoms with Crippen LogP contribution in [0.5, 0.6) is 11.5 Å².